The van der Waals surface area contributed by atoms with Gasteiger partial charge >= 0.3 is 0 Å². The van der Waals surface area contributed by atoms with Gasteiger partial charge in [-0.25, -0.2) is 0 Å². The van der Waals surface area contributed by atoms with Crippen LogP contribution in [0.25, 0.3) is 0 Å². The maximum absolute atomic E-state index is 4.22. The van der Waals surface area contributed by atoms with E-state index in [0.29, 0.717) is 0 Å². The summed E-state index contributed by atoms with van der Waals surface area (Å²) in [6.07, 6.45) is 17.2. The Morgan fingerprint density at radius 2 is 0.875 bits per heavy atom. The molecule has 0 aliphatic carbocycles. The zero-order chi connectivity index (χ0) is 11.2. The zero-order valence-electron chi connectivity index (χ0n) is 10.9. The molecule has 0 bridgehead atoms. The molecule has 0 heterocycles. The third kappa shape index (κ3) is 17.5. The second kappa shape index (κ2) is 18.5. The van der Waals surface area contributed by atoms with E-state index in [2.05, 4.69) is 19.6 Å². The Labute approximate surface area is 124 Å². The average molecular weight is 427 g/mol. The Kier molecular flexibility index (Phi) is 22.4. The molecule has 0 aromatic heterocycles. The molecule has 0 aromatic rings. The first-order chi connectivity index (χ1) is 7.41. The molecule has 0 nitrogen and oxygen atoms in total. The first-order valence-corrected chi connectivity index (χ1v) is 7.66. The summed E-state index contributed by atoms with van der Waals surface area (Å²) in [5.41, 5.74) is 0. The number of hydrogen-bond acceptors (Lipinski definition) is 1. The Balaban J connectivity index is 0. The van der Waals surface area contributed by atoms with Gasteiger partial charge in [-0.05, 0) is 12.2 Å². The molecule has 0 N–H and O–H groups in total. The van der Waals surface area contributed by atoms with Crippen molar-refractivity contribution in [1.29, 1.82) is 0 Å². The fourth-order valence-electron chi connectivity index (χ4n) is 1.95. The molecule has 0 aromatic carbocycles. The first kappa shape index (κ1) is 19.4. The summed E-state index contributed by atoms with van der Waals surface area (Å²) in [4.78, 5) is 0. The molecule has 103 valence electrons. The molecule has 1 radical (unpaired) electrons. The van der Waals surface area contributed by atoms with Gasteiger partial charge in [0.25, 0.3) is 0 Å². The van der Waals surface area contributed by atoms with Crippen molar-refractivity contribution < 1.29 is 22.4 Å². The number of unbranched alkanes of at least 4 members (excludes halogenated alkanes) is 11. The van der Waals surface area contributed by atoms with Crippen LogP contribution < -0.4 is 0 Å². The van der Waals surface area contributed by atoms with Crippen LogP contribution in [-0.2, 0) is 22.4 Å². The first-order valence-electron chi connectivity index (χ1n) is 7.02. The summed E-state index contributed by atoms with van der Waals surface area (Å²) in [5, 5.41) is 0. The van der Waals surface area contributed by atoms with Crippen LogP contribution in [0.15, 0.2) is 0 Å². The summed E-state index contributed by atoms with van der Waals surface area (Å²) in [6.45, 7) is 2.28. The minimum absolute atomic E-state index is 0. The Hall–Kier alpha value is 1.09. The van der Waals surface area contributed by atoms with E-state index in [1.165, 1.54) is 77.0 Å². The van der Waals surface area contributed by atoms with Crippen LogP contribution in [0.2, 0.25) is 0 Å². The fourth-order valence-corrected chi connectivity index (χ4v) is 2.18. The van der Waals surface area contributed by atoms with Crippen LogP contribution in [0.3, 0.4) is 0 Å². The second-order valence-electron chi connectivity index (χ2n) is 4.61. The van der Waals surface area contributed by atoms with E-state index in [4.69, 9.17) is 0 Å². The molecule has 2 heteroatoms. The SMILES string of the molecule is CCCCCCCCCCCCCCS.[Au]. The summed E-state index contributed by atoms with van der Waals surface area (Å²) in [7, 11) is 0. The zero-order valence-corrected chi connectivity index (χ0v) is 14.0. The summed E-state index contributed by atoms with van der Waals surface area (Å²) in [6, 6.07) is 0. The van der Waals surface area contributed by atoms with Crippen LogP contribution in [0.5, 0.6) is 0 Å². The van der Waals surface area contributed by atoms with E-state index in [1.807, 2.05) is 0 Å². The average Bonchev–Trinajstić information content (AvgIpc) is 2.26. The van der Waals surface area contributed by atoms with Crippen LogP contribution >= 0.6 is 12.6 Å². The standard InChI is InChI=1S/C14H30S.Au/c1-2-3-4-5-6-7-8-9-10-11-12-13-14-15;/h15H,2-14H2,1H3;. The van der Waals surface area contributed by atoms with E-state index >= 15 is 0 Å². The van der Waals surface area contributed by atoms with Crippen LogP contribution in [0.4, 0.5) is 0 Å². The molecule has 0 fully saturated rings. The number of thiol groups is 1. The van der Waals surface area contributed by atoms with E-state index in [-0.39, 0.29) is 22.4 Å². The third-order valence-electron chi connectivity index (χ3n) is 3.01. The summed E-state index contributed by atoms with van der Waals surface area (Å²) < 4.78 is 0. The Morgan fingerprint density at radius 1 is 0.562 bits per heavy atom. The maximum atomic E-state index is 4.22. The van der Waals surface area contributed by atoms with E-state index in [9.17, 15) is 0 Å². The van der Waals surface area contributed by atoms with Crippen LogP contribution in [0, 0.1) is 0 Å². The van der Waals surface area contributed by atoms with Gasteiger partial charge in [0.1, 0.15) is 0 Å². The monoisotopic (exact) mass is 427 g/mol. The topological polar surface area (TPSA) is 0 Å². The van der Waals surface area contributed by atoms with Gasteiger partial charge in [0.15, 0.2) is 0 Å². The number of rotatable bonds is 12. The molecular weight excluding hydrogens is 397 g/mol. The van der Waals surface area contributed by atoms with Crippen LogP contribution in [0.1, 0.15) is 84.0 Å². The molecule has 0 amide bonds. The fraction of sp³-hybridized carbons (Fsp3) is 1.00. The van der Waals surface area contributed by atoms with Gasteiger partial charge in [0.05, 0.1) is 0 Å². The van der Waals surface area contributed by atoms with Gasteiger partial charge in [0.2, 0.25) is 0 Å². The molecule has 0 aliphatic heterocycles. The second-order valence-corrected chi connectivity index (χ2v) is 5.06. The molecule has 0 atom stereocenters. The Morgan fingerprint density at radius 3 is 1.19 bits per heavy atom. The number of hydrogen-bond donors (Lipinski definition) is 1. The molecule has 0 spiro atoms. The van der Waals surface area contributed by atoms with Gasteiger partial charge in [-0.2, -0.15) is 12.6 Å². The van der Waals surface area contributed by atoms with Crippen molar-refractivity contribution in [3.63, 3.8) is 0 Å². The summed E-state index contributed by atoms with van der Waals surface area (Å²) in [5.74, 6) is 1.07. The van der Waals surface area contributed by atoms with Crippen molar-refractivity contribution in [2.45, 2.75) is 84.0 Å². The van der Waals surface area contributed by atoms with E-state index in [1.54, 1.807) is 0 Å². The van der Waals surface area contributed by atoms with Gasteiger partial charge in [0, 0.05) is 22.4 Å². The van der Waals surface area contributed by atoms with Crippen molar-refractivity contribution in [2.24, 2.45) is 0 Å². The van der Waals surface area contributed by atoms with Gasteiger partial charge in [-0.3, -0.25) is 0 Å². The molecule has 0 saturated carbocycles. The Bertz CT molecular complexity index is 94.9. The van der Waals surface area contributed by atoms with Gasteiger partial charge in [-0.1, -0.05) is 77.6 Å². The summed E-state index contributed by atoms with van der Waals surface area (Å²) >= 11 is 4.22. The molecule has 0 saturated heterocycles. The molecular formula is C14H30AuS. The maximum Gasteiger partial charge on any atom is 0 e. The minimum Gasteiger partial charge on any atom is -0.179 e. The normalized spacial score (nSPS) is 10.1. The molecule has 0 rings (SSSR count). The molecule has 0 aliphatic rings. The van der Waals surface area contributed by atoms with Crippen molar-refractivity contribution >= 4 is 12.6 Å². The van der Waals surface area contributed by atoms with Crippen molar-refractivity contribution in [3.8, 4) is 0 Å². The molecule has 16 heavy (non-hydrogen) atoms. The van der Waals surface area contributed by atoms with Gasteiger partial charge in [-0.15, -0.1) is 0 Å². The molecule has 0 unspecified atom stereocenters. The van der Waals surface area contributed by atoms with E-state index < -0.39 is 0 Å². The predicted octanol–water partition coefficient (Wildman–Crippen LogP) is 5.61. The minimum atomic E-state index is 0. The smallest absolute Gasteiger partial charge is 0 e. The predicted molar refractivity (Wildman–Crippen MR) is 74.9 cm³/mol. The third-order valence-corrected chi connectivity index (χ3v) is 3.33. The van der Waals surface area contributed by atoms with Crippen LogP contribution in [-0.4, -0.2) is 5.75 Å². The van der Waals surface area contributed by atoms with Crippen molar-refractivity contribution in [3.05, 3.63) is 0 Å². The van der Waals surface area contributed by atoms with Gasteiger partial charge < -0.3 is 0 Å². The van der Waals surface area contributed by atoms with E-state index in [0.717, 1.165) is 5.75 Å². The van der Waals surface area contributed by atoms with Crippen molar-refractivity contribution in [1.82, 2.24) is 0 Å². The quantitative estimate of drug-likeness (QED) is 0.234. The largest absolute Gasteiger partial charge is 0.179 e. The van der Waals surface area contributed by atoms with Crippen molar-refractivity contribution in [2.75, 3.05) is 5.75 Å².